The van der Waals surface area contributed by atoms with Crippen molar-refractivity contribution < 1.29 is 4.92 Å². The van der Waals surface area contributed by atoms with Gasteiger partial charge in [0.05, 0.1) is 4.92 Å². The Labute approximate surface area is 82.3 Å². The van der Waals surface area contributed by atoms with Gasteiger partial charge in [0.15, 0.2) is 0 Å². The molecule has 0 saturated heterocycles. The molecule has 0 radical (unpaired) electrons. The minimum Gasteiger partial charge on any atom is -0.364 e. The Morgan fingerprint density at radius 1 is 1.57 bits per heavy atom. The van der Waals surface area contributed by atoms with Gasteiger partial charge in [-0.1, -0.05) is 6.92 Å². The number of nitro groups is 1. The van der Waals surface area contributed by atoms with Crippen LogP contribution in [-0.4, -0.2) is 16.5 Å². The molecule has 0 aliphatic heterocycles. The van der Waals surface area contributed by atoms with Gasteiger partial charge in [-0.15, -0.1) is 0 Å². The third kappa shape index (κ3) is 2.42. The van der Waals surface area contributed by atoms with Crippen molar-refractivity contribution in [1.82, 2.24) is 4.98 Å². The number of anilines is 1. The van der Waals surface area contributed by atoms with E-state index in [9.17, 15) is 10.1 Å². The number of aryl methyl sites for hydroxylation is 1. The lowest BCUT2D eigenvalue weighted by Crippen LogP contribution is -2.05. The molecule has 0 bridgehead atoms. The van der Waals surface area contributed by atoms with Gasteiger partial charge in [-0.25, -0.2) is 4.98 Å². The highest BCUT2D eigenvalue weighted by molar-refractivity contribution is 5.55. The Bertz CT molecular complexity index is 339. The highest BCUT2D eigenvalue weighted by atomic mass is 16.6. The van der Waals surface area contributed by atoms with Crippen LogP contribution >= 0.6 is 0 Å². The Hall–Kier alpha value is -1.65. The van der Waals surface area contributed by atoms with Crippen LogP contribution in [0.5, 0.6) is 0 Å². The molecule has 14 heavy (non-hydrogen) atoms. The molecule has 1 aromatic heterocycles. The summed E-state index contributed by atoms with van der Waals surface area (Å²) in [5.74, 6) is 0.358. The summed E-state index contributed by atoms with van der Waals surface area (Å²) in [4.78, 5) is 14.3. The largest absolute Gasteiger partial charge is 0.364 e. The lowest BCUT2D eigenvalue weighted by molar-refractivity contribution is -0.384. The van der Waals surface area contributed by atoms with Gasteiger partial charge in [-0.05, 0) is 19.4 Å². The standard InChI is InChI=1S/C9H13N3O2/c1-3-6-10-9-8(12(13)14)5-4-7(2)11-9/h4-5H,3,6H2,1-2H3,(H,10,11). The van der Waals surface area contributed by atoms with Crippen molar-refractivity contribution in [2.75, 3.05) is 11.9 Å². The van der Waals surface area contributed by atoms with Crippen molar-refractivity contribution in [3.05, 3.63) is 27.9 Å². The fraction of sp³-hybridized carbons (Fsp3) is 0.444. The molecule has 0 aliphatic carbocycles. The molecule has 76 valence electrons. The summed E-state index contributed by atoms with van der Waals surface area (Å²) in [7, 11) is 0. The van der Waals surface area contributed by atoms with Gasteiger partial charge in [-0.2, -0.15) is 0 Å². The van der Waals surface area contributed by atoms with Crippen LogP contribution in [0.25, 0.3) is 0 Å². The fourth-order valence-corrected chi connectivity index (χ4v) is 1.07. The highest BCUT2D eigenvalue weighted by Gasteiger charge is 2.13. The molecule has 0 unspecified atom stereocenters. The van der Waals surface area contributed by atoms with Crippen molar-refractivity contribution in [3.63, 3.8) is 0 Å². The third-order valence-electron chi connectivity index (χ3n) is 1.75. The molecule has 1 heterocycles. The van der Waals surface area contributed by atoms with E-state index < -0.39 is 4.92 Å². The van der Waals surface area contributed by atoms with Crippen LogP contribution in [-0.2, 0) is 0 Å². The number of rotatable bonds is 4. The second-order valence-corrected chi connectivity index (χ2v) is 3.00. The summed E-state index contributed by atoms with van der Waals surface area (Å²) >= 11 is 0. The topological polar surface area (TPSA) is 68.1 Å². The molecule has 0 aromatic carbocycles. The average Bonchev–Trinajstić information content (AvgIpc) is 2.14. The number of nitrogens with one attached hydrogen (secondary N) is 1. The predicted octanol–water partition coefficient (Wildman–Crippen LogP) is 2.12. The van der Waals surface area contributed by atoms with E-state index in [1.54, 1.807) is 13.0 Å². The van der Waals surface area contributed by atoms with Crippen LogP contribution in [0.15, 0.2) is 12.1 Å². The minimum atomic E-state index is -0.426. The lowest BCUT2D eigenvalue weighted by Gasteiger charge is -2.04. The van der Waals surface area contributed by atoms with Crippen LogP contribution in [0, 0.1) is 17.0 Å². The molecule has 0 amide bonds. The van der Waals surface area contributed by atoms with Crippen molar-refractivity contribution in [3.8, 4) is 0 Å². The zero-order valence-corrected chi connectivity index (χ0v) is 8.28. The van der Waals surface area contributed by atoms with Crippen LogP contribution in [0.3, 0.4) is 0 Å². The minimum absolute atomic E-state index is 0.0315. The smallest absolute Gasteiger partial charge is 0.311 e. The van der Waals surface area contributed by atoms with E-state index in [1.165, 1.54) is 6.07 Å². The van der Waals surface area contributed by atoms with Crippen molar-refractivity contribution >= 4 is 11.5 Å². The number of hydrogen-bond acceptors (Lipinski definition) is 4. The second-order valence-electron chi connectivity index (χ2n) is 3.00. The molecule has 0 fully saturated rings. The SMILES string of the molecule is CCCNc1nc(C)ccc1[N+](=O)[O-]. The molecule has 0 spiro atoms. The molecule has 0 saturated carbocycles. The zero-order valence-electron chi connectivity index (χ0n) is 8.28. The van der Waals surface area contributed by atoms with Crippen molar-refractivity contribution in [1.29, 1.82) is 0 Å². The average molecular weight is 195 g/mol. The number of aromatic nitrogens is 1. The summed E-state index contributed by atoms with van der Waals surface area (Å²) in [6.45, 7) is 4.49. The van der Waals surface area contributed by atoms with Gasteiger partial charge in [-0.3, -0.25) is 10.1 Å². The molecular formula is C9H13N3O2. The first kappa shape index (κ1) is 10.4. The predicted molar refractivity (Wildman–Crippen MR) is 54.4 cm³/mol. The number of pyridine rings is 1. The van der Waals surface area contributed by atoms with Gasteiger partial charge < -0.3 is 5.32 Å². The van der Waals surface area contributed by atoms with Gasteiger partial charge in [0.2, 0.25) is 5.82 Å². The summed E-state index contributed by atoms with van der Waals surface area (Å²) in [6, 6.07) is 3.11. The van der Waals surface area contributed by atoms with E-state index >= 15 is 0 Å². The molecule has 1 aromatic rings. The Kier molecular flexibility index (Phi) is 3.39. The van der Waals surface area contributed by atoms with Gasteiger partial charge >= 0.3 is 5.69 Å². The van der Waals surface area contributed by atoms with Gasteiger partial charge in [0.25, 0.3) is 0 Å². The molecule has 5 heteroatoms. The fourth-order valence-electron chi connectivity index (χ4n) is 1.07. The molecule has 5 nitrogen and oxygen atoms in total. The van der Waals surface area contributed by atoms with Crippen molar-refractivity contribution in [2.45, 2.75) is 20.3 Å². The van der Waals surface area contributed by atoms with Gasteiger partial charge in [0, 0.05) is 18.3 Å². The molecule has 0 atom stereocenters. The van der Waals surface area contributed by atoms with Crippen LogP contribution in [0.4, 0.5) is 11.5 Å². The number of nitrogens with zero attached hydrogens (tertiary/aromatic N) is 2. The maximum Gasteiger partial charge on any atom is 0.311 e. The first-order valence-electron chi connectivity index (χ1n) is 4.51. The van der Waals surface area contributed by atoms with Crippen molar-refractivity contribution in [2.24, 2.45) is 0 Å². The zero-order chi connectivity index (χ0) is 10.6. The maximum absolute atomic E-state index is 10.6. The van der Waals surface area contributed by atoms with E-state index in [0.29, 0.717) is 12.4 Å². The number of hydrogen-bond donors (Lipinski definition) is 1. The van der Waals surface area contributed by atoms with Gasteiger partial charge in [0.1, 0.15) is 0 Å². The highest BCUT2D eigenvalue weighted by Crippen LogP contribution is 2.21. The molecule has 1 rings (SSSR count). The van der Waals surface area contributed by atoms with E-state index in [2.05, 4.69) is 10.3 Å². The Morgan fingerprint density at radius 3 is 2.86 bits per heavy atom. The second kappa shape index (κ2) is 4.55. The first-order valence-corrected chi connectivity index (χ1v) is 4.51. The summed E-state index contributed by atoms with van der Waals surface area (Å²) in [6.07, 6.45) is 0.910. The normalized spacial score (nSPS) is 9.86. The van der Waals surface area contributed by atoms with E-state index in [-0.39, 0.29) is 5.69 Å². The van der Waals surface area contributed by atoms with E-state index in [1.807, 2.05) is 6.92 Å². The summed E-state index contributed by atoms with van der Waals surface area (Å²) in [5.41, 5.74) is 0.804. The van der Waals surface area contributed by atoms with Crippen LogP contribution in [0.1, 0.15) is 19.0 Å². The van der Waals surface area contributed by atoms with Crippen LogP contribution < -0.4 is 5.32 Å². The Morgan fingerprint density at radius 2 is 2.29 bits per heavy atom. The van der Waals surface area contributed by atoms with E-state index in [0.717, 1.165) is 12.1 Å². The quantitative estimate of drug-likeness (QED) is 0.590. The molecular weight excluding hydrogens is 182 g/mol. The Balaban J connectivity index is 2.97. The summed E-state index contributed by atoms with van der Waals surface area (Å²) < 4.78 is 0. The third-order valence-corrected chi connectivity index (χ3v) is 1.75. The van der Waals surface area contributed by atoms with E-state index in [4.69, 9.17) is 0 Å². The maximum atomic E-state index is 10.6. The molecule has 0 aliphatic rings. The lowest BCUT2D eigenvalue weighted by atomic mass is 10.3. The first-order chi connectivity index (χ1) is 6.65. The van der Waals surface area contributed by atoms with Crippen LogP contribution in [0.2, 0.25) is 0 Å². The summed E-state index contributed by atoms with van der Waals surface area (Å²) in [5, 5.41) is 13.6. The monoisotopic (exact) mass is 195 g/mol. The molecule has 1 N–H and O–H groups in total.